The van der Waals surface area contributed by atoms with E-state index in [0.717, 1.165) is 61.1 Å². The molecule has 0 aromatic heterocycles. The van der Waals surface area contributed by atoms with Gasteiger partial charge in [-0.1, -0.05) is 88.9 Å². The molecule has 0 heterocycles. The first kappa shape index (κ1) is 28.6. The summed E-state index contributed by atoms with van der Waals surface area (Å²) in [7, 11) is 0. The van der Waals surface area contributed by atoms with Crippen molar-refractivity contribution in [3.63, 3.8) is 0 Å². The molecule has 0 amide bonds. The van der Waals surface area contributed by atoms with Crippen molar-refractivity contribution in [1.82, 2.24) is 0 Å². The van der Waals surface area contributed by atoms with Crippen LogP contribution in [0.15, 0.2) is 48.5 Å². The van der Waals surface area contributed by atoms with E-state index in [4.69, 9.17) is 4.74 Å². The second-order valence-corrected chi connectivity index (χ2v) is 10.5. The molecular formula is C35H44O2. The molecule has 0 N–H and O–H groups in total. The fourth-order valence-corrected chi connectivity index (χ4v) is 4.92. The van der Waals surface area contributed by atoms with Crippen LogP contribution >= 0.6 is 0 Å². The quantitative estimate of drug-likeness (QED) is 0.134. The fourth-order valence-electron chi connectivity index (χ4n) is 4.92. The van der Waals surface area contributed by atoms with Crippen LogP contribution < -0.4 is 4.74 Å². The van der Waals surface area contributed by atoms with Crippen LogP contribution in [0.5, 0.6) is 5.75 Å². The number of esters is 1. The van der Waals surface area contributed by atoms with E-state index < -0.39 is 0 Å². The number of carbonyl (C=O) groups is 1. The second-order valence-electron chi connectivity index (χ2n) is 10.5. The van der Waals surface area contributed by atoms with E-state index in [2.05, 4.69) is 37.5 Å². The Hall–Kier alpha value is -2.97. The Bertz CT molecular complexity index is 1050. The van der Waals surface area contributed by atoms with Gasteiger partial charge in [-0.2, -0.15) is 0 Å². The molecule has 1 fully saturated rings. The Kier molecular flexibility index (Phi) is 12.9. The Labute approximate surface area is 225 Å². The van der Waals surface area contributed by atoms with Crippen LogP contribution in [0.4, 0.5) is 0 Å². The highest BCUT2D eigenvalue weighted by Gasteiger charge is 2.27. The molecule has 2 heteroatoms. The van der Waals surface area contributed by atoms with Crippen LogP contribution in [0.1, 0.15) is 120 Å². The van der Waals surface area contributed by atoms with Gasteiger partial charge >= 0.3 is 5.97 Å². The average Bonchev–Trinajstić information content (AvgIpc) is 2.93. The molecule has 2 aromatic rings. The van der Waals surface area contributed by atoms with Gasteiger partial charge in [-0.15, -0.1) is 0 Å². The van der Waals surface area contributed by atoms with Crippen molar-refractivity contribution < 1.29 is 9.53 Å². The van der Waals surface area contributed by atoms with E-state index in [9.17, 15) is 4.79 Å². The zero-order chi connectivity index (χ0) is 26.1. The van der Waals surface area contributed by atoms with Crippen molar-refractivity contribution in [3.05, 3.63) is 65.2 Å². The van der Waals surface area contributed by atoms with Crippen molar-refractivity contribution in [2.75, 3.05) is 0 Å². The molecule has 2 aromatic carbocycles. The smallest absolute Gasteiger partial charge is 0.314 e. The summed E-state index contributed by atoms with van der Waals surface area (Å²) < 4.78 is 5.70. The lowest BCUT2D eigenvalue weighted by molar-refractivity contribution is -0.140. The number of benzene rings is 2. The molecule has 0 spiro atoms. The normalized spacial score (nSPS) is 16.7. The van der Waals surface area contributed by atoms with Crippen LogP contribution in [0, 0.1) is 35.5 Å². The average molecular weight is 497 g/mol. The molecule has 3 rings (SSSR count). The van der Waals surface area contributed by atoms with Gasteiger partial charge in [0.15, 0.2) is 0 Å². The molecule has 37 heavy (non-hydrogen) atoms. The lowest BCUT2D eigenvalue weighted by atomic mass is 9.80. The van der Waals surface area contributed by atoms with Gasteiger partial charge in [-0.25, -0.2) is 0 Å². The highest BCUT2D eigenvalue weighted by Crippen LogP contribution is 2.33. The lowest BCUT2D eigenvalue weighted by Crippen LogP contribution is -2.25. The molecule has 0 radical (unpaired) electrons. The Balaban J connectivity index is 1.39. The standard InChI is InChI=1S/C35H44O2/c1-3-5-7-9-10-12-14-30-21-25-33(26-22-30)35(36)37-34-27-23-32(24-28-34)20-19-31-17-15-29(16-18-31)13-11-8-6-4-2/h15-18,23-24,27-28,30,33H,3-10,12,14,21-22,25-26H2,1-2H3. The van der Waals surface area contributed by atoms with E-state index in [1.54, 1.807) is 0 Å². The summed E-state index contributed by atoms with van der Waals surface area (Å²) >= 11 is 0. The topological polar surface area (TPSA) is 26.3 Å². The van der Waals surface area contributed by atoms with Crippen molar-refractivity contribution >= 4 is 5.97 Å². The second kappa shape index (κ2) is 16.7. The molecule has 0 atom stereocenters. The third kappa shape index (κ3) is 10.9. The van der Waals surface area contributed by atoms with Gasteiger partial charge in [0, 0.05) is 23.1 Å². The highest BCUT2D eigenvalue weighted by atomic mass is 16.5. The van der Waals surface area contributed by atoms with Crippen LogP contribution in [0.2, 0.25) is 0 Å². The van der Waals surface area contributed by atoms with E-state index >= 15 is 0 Å². The minimum Gasteiger partial charge on any atom is -0.426 e. The summed E-state index contributed by atoms with van der Waals surface area (Å²) in [6.45, 7) is 4.44. The Morgan fingerprint density at radius 3 is 1.86 bits per heavy atom. The minimum atomic E-state index is -0.0743. The lowest BCUT2D eigenvalue weighted by Gasteiger charge is -2.27. The molecule has 1 aliphatic rings. The van der Waals surface area contributed by atoms with Gasteiger partial charge in [0.1, 0.15) is 5.75 Å². The first-order valence-corrected chi connectivity index (χ1v) is 14.6. The van der Waals surface area contributed by atoms with Crippen molar-refractivity contribution in [3.8, 4) is 29.4 Å². The van der Waals surface area contributed by atoms with Gasteiger partial charge in [-0.3, -0.25) is 4.79 Å². The third-order valence-corrected chi connectivity index (χ3v) is 7.34. The van der Waals surface area contributed by atoms with E-state index in [1.807, 2.05) is 48.5 Å². The fraction of sp³-hybridized carbons (Fsp3) is 0.514. The van der Waals surface area contributed by atoms with Crippen molar-refractivity contribution in [2.24, 2.45) is 11.8 Å². The predicted octanol–water partition coefficient (Wildman–Crippen LogP) is 9.09. The van der Waals surface area contributed by atoms with Crippen LogP contribution in [0.25, 0.3) is 0 Å². The molecule has 1 aliphatic carbocycles. The minimum absolute atomic E-state index is 0.0413. The summed E-state index contributed by atoms with van der Waals surface area (Å²) in [6.07, 6.45) is 17.0. The number of rotatable bonds is 11. The van der Waals surface area contributed by atoms with Gasteiger partial charge in [0.2, 0.25) is 0 Å². The summed E-state index contributed by atoms with van der Waals surface area (Å²) in [5.74, 6) is 14.2. The van der Waals surface area contributed by atoms with Gasteiger partial charge < -0.3 is 4.74 Å². The molecule has 0 saturated heterocycles. The highest BCUT2D eigenvalue weighted by molar-refractivity contribution is 5.75. The maximum absolute atomic E-state index is 12.7. The number of hydrogen-bond acceptors (Lipinski definition) is 2. The van der Waals surface area contributed by atoms with Gasteiger partial charge in [-0.05, 0) is 86.6 Å². The van der Waals surface area contributed by atoms with Crippen LogP contribution in [-0.2, 0) is 4.79 Å². The monoisotopic (exact) mass is 496 g/mol. The maximum Gasteiger partial charge on any atom is 0.314 e. The predicted molar refractivity (Wildman–Crippen MR) is 154 cm³/mol. The first-order chi connectivity index (χ1) is 18.2. The molecule has 1 saturated carbocycles. The Morgan fingerprint density at radius 2 is 1.24 bits per heavy atom. The van der Waals surface area contributed by atoms with Crippen LogP contribution in [-0.4, -0.2) is 5.97 Å². The largest absolute Gasteiger partial charge is 0.426 e. The van der Waals surface area contributed by atoms with Gasteiger partial charge in [0.05, 0.1) is 5.92 Å². The molecule has 0 unspecified atom stereocenters. The SMILES string of the molecule is CCCCC#Cc1ccc(C#Cc2ccc(OC(=O)C3CCC(CCCCCCCC)CC3)cc2)cc1. The number of ether oxygens (including phenoxy) is 1. The molecular weight excluding hydrogens is 452 g/mol. The Morgan fingerprint density at radius 1 is 0.703 bits per heavy atom. The van der Waals surface area contributed by atoms with E-state index in [1.165, 1.54) is 51.4 Å². The summed E-state index contributed by atoms with van der Waals surface area (Å²) in [5.41, 5.74) is 2.89. The summed E-state index contributed by atoms with van der Waals surface area (Å²) in [6, 6.07) is 15.6. The zero-order valence-electron chi connectivity index (χ0n) is 23.0. The number of hydrogen-bond donors (Lipinski definition) is 0. The summed E-state index contributed by atoms with van der Waals surface area (Å²) in [5, 5.41) is 0. The number of carbonyl (C=O) groups excluding carboxylic acids is 1. The number of unbranched alkanes of at least 4 members (excludes halogenated alkanes) is 7. The van der Waals surface area contributed by atoms with E-state index in [0.29, 0.717) is 5.75 Å². The van der Waals surface area contributed by atoms with Crippen molar-refractivity contribution in [2.45, 2.75) is 104 Å². The molecule has 196 valence electrons. The van der Waals surface area contributed by atoms with Crippen molar-refractivity contribution in [1.29, 1.82) is 0 Å². The van der Waals surface area contributed by atoms with Gasteiger partial charge in [0.25, 0.3) is 0 Å². The maximum atomic E-state index is 12.7. The molecule has 2 nitrogen and oxygen atoms in total. The summed E-state index contributed by atoms with van der Waals surface area (Å²) in [4.78, 5) is 12.7. The first-order valence-electron chi connectivity index (χ1n) is 14.6. The van der Waals surface area contributed by atoms with E-state index in [-0.39, 0.29) is 11.9 Å². The third-order valence-electron chi connectivity index (χ3n) is 7.34. The molecule has 0 aliphatic heterocycles. The van der Waals surface area contributed by atoms with Crippen LogP contribution in [0.3, 0.4) is 0 Å². The zero-order valence-corrected chi connectivity index (χ0v) is 23.0. The molecule has 0 bridgehead atoms.